The van der Waals surface area contributed by atoms with Gasteiger partial charge in [0.05, 0.1) is 12.3 Å². The van der Waals surface area contributed by atoms with Crippen molar-refractivity contribution < 1.29 is 27.2 Å². The van der Waals surface area contributed by atoms with E-state index in [1.165, 1.54) is 6.07 Å². The highest BCUT2D eigenvalue weighted by molar-refractivity contribution is 6.30. The Balaban J connectivity index is 1.93. The van der Waals surface area contributed by atoms with Gasteiger partial charge in [-0.3, -0.25) is 9.36 Å². The van der Waals surface area contributed by atoms with Crippen molar-refractivity contribution in [2.45, 2.75) is 38.9 Å². The number of hydrogen-bond donors (Lipinski definition) is 0. The van der Waals surface area contributed by atoms with Crippen molar-refractivity contribution in [3.63, 3.8) is 0 Å². The third-order valence-corrected chi connectivity index (χ3v) is 4.56. The lowest BCUT2D eigenvalue weighted by molar-refractivity contribution is -0.135. The highest BCUT2D eigenvalue weighted by atomic mass is 35.5. The molecule has 0 saturated carbocycles. The lowest BCUT2D eigenvalue weighted by atomic mass is 10.1. The molecule has 0 spiro atoms. The summed E-state index contributed by atoms with van der Waals surface area (Å²) in [5.74, 6) is -1.09. The number of esters is 1. The van der Waals surface area contributed by atoms with Crippen LogP contribution in [0.1, 0.15) is 42.1 Å². The van der Waals surface area contributed by atoms with Crippen LogP contribution in [0.3, 0.4) is 0 Å². The summed E-state index contributed by atoms with van der Waals surface area (Å²) in [5.41, 5.74) is 0.351. The third-order valence-electron chi connectivity index (χ3n) is 4.31. The van der Waals surface area contributed by atoms with E-state index in [1.807, 2.05) is 0 Å². The lowest BCUT2D eigenvalue weighted by Gasteiger charge is -2.13. The second kappa shape index (κ2) is 9.94. The van der Waals surface area contributed by atoms with E-state index in [0.29, 0.717) is 16.3 Å². The minimum absolute atomic E-state index is 0.0896. The highest BCUT2D eigenvalue weighted by Gasteiger charge is 2.26. The second-order valence-corrected chi connectivity index (χ2v) is 7.13. The molecule has 0 fully saturated rings. The van der Waals surface area contributed by atoms with Gasteiger partial charge in [0.15, 0.2) is 0 Å². The van der Waals surface area contributed by atoms with Gasteiger partial charge in [0.1, 0.15) is 12.4 Å². The predicted molar refractivity (Wildman–Crippen MR) is 107 cm³/mol. The monoisotopic (exact) mass is 470 g/mol. The number of hydrogen-bond acceptors (Lipinski definition) is 7. The minimum Gasteiger partial charge on any atom is -0.460 e. The van der Waals surface area contributed by atoms with Crippen molar-refractivity contribution in [2.24, 2.45) is 0 Å². The average molecular weight is 471 g/mol. The van der Waals surface area contributed by atoms with E-state index in [2.05, 4.69) is 15.1 Å². The molecule has 3 aromatic rings. The Morgan fingerprint density at radius 2 is 1.94 bits per heavy atom. The highest BCUT2D eigenvalue weighted by Crippen LogP contribution is 2.23. The first-order valence-corrected chi connectivity index (χ1v) is 9.97. The summed E-state index contributed by atoms with van der Waals surface area (Å²) in [7, 11) is 0. The zero-order valence-electron chi connectivity index (χ0n) is 16.9. The quantitative estimate of drug-likeness (QED) is 0.458. The van der Waals surface area contributed by atoms with E-state index < -0.39 is 24.1 Å². The van der Waals surface area contributed by atoms with Crippen LogP contribution in [0.15, 0.2) is 39.6 Å². The fourth-order valence-corrected chi connectivity index (χ4v) is 2.99. The van der Waals surface area contributed by atoms with Gasteiger partial charge in [0, 0.05) is 29.5 Å². The number of carbonyl (C=O) groups excluding carboxylic acids is 1. The zero-order chi connectivity index (χ0) is 23.3. The van der Waals surface area contributed by atoms with E-state index in [-0.39, 0.29) is 43.5 Å². The summed E-state index contributed by atoms with van der Waals surface area (Å²) in [5, 5.41) is 3.99. The summed E-state index contributed by atoms with van der Waals surface area (Å²) >= 11 is 5.88. The van der Waals surface area contributed by atoms with Crippen molar-refractivity contribution in [1.82, 2.24) is 19.7 Å². The number of alkyl halides is 3. The number of aryl methyl sites for hydroxylation is 1. The first-order valence-electron chi connectivity index (χ1n) is 9.59. The van der Waals surface area contributed by atoms with Crippen LogP contribution in [-0.2, 0) is 17.7 Å². The average Bonchev–Trinajstić information content (AvgIpc) is 3.19. The predicted octanol–water partition coefficient (Wildman–Crippen LogP) is 4.06. The molecule has 0 saturated heterocycles. The maximum atomic E-state index is 12.8. The molecule has 0 atom stereocenters. The zero-order valence-corrected chi connectivity index (χ0v) is 17.6. The Morgan fingerprint density at radius 3 is 2.59 bits per heavy atom. The number of benzene rings is 1. The molecular weight excluding hydrogens is 453 g/mol. The Bertz CT molecular complexity index is 1140. The van der Waals surface area contributed by atoms with Crippen LogP contribution in [0.2, 0.25) is 5.02 Å². The molecule has 0 aliphatic rings. The second-order valence-electron chi connectivity index (χ2n) is 6.69. The number of halogens is 4. The van der Waals surface area contributed by atoms with Crippen LogP contribution in [-0.4, -0.2) is 38.4 Å². The number of ether oxygens (including phenoxy) is 1. The van der Waals surface area contributed by atoms with Gasteiger partial charge in [-0.25, -0.2) is 9.78 Å². The normalized spacial score (nSPS) is 11.5. The molecule has 32 heavy (non-hydrogen) atoms. The molecule has 0 amide bonds. The number of carbonyl (C=O) groups is 1. The SMILES string of the molecule is CCOC(=O)c1noc(Cn2c(CCCC(F)(F)F)nc(-c3ccc(Cl)cc3)cc2=O)n1. The molecular formula is C20H18ClF3N4O4. The number of rotatable bonds is 8. The van der Waals surface area contributed by atoms with Gasteiger partial charge in [-0.15, -0.1) is 0 Å². The fourth-order valence-electron chi connectivity index (χ4n) is 2.86. The molecule has 2 aromatic heterocycles. The third kappa shape index (κ3) is 6.16. The van der Waals surface area contributed by atoms with E-state index in [9.17, 15) is 22.8 Å². The molecule has 8 nitrogen and oxygen atoms in total. The first-order chi connectivity index (χ1) is 15.2. The summed E-state index contributed by atoms with van der Waals surface area (Å²) in [4.78, 5) is 32.8. The largest absolute Gasteiger partial charge is 0.460 e. The molecule has 2 heterocycles. The van der Waals surface area contributed by atoms with Crippen LogP contribution >= 0.6 is 11.6 Å². The van der Waals surface area contributed by atoms with Crippen molar-refractivity contribution in [2.75, 3.05) is 6.61 Å². The summed E-state index contributed by atoms with van der Waals surface area (Å²) in [6, 6.07) is 7.78. The number of nitrogens with zero attached hydrogens (tertiary/aromatic N) is 4. The summed E-state index contributed by atoms with van der Waals surface area (Å²) in [6.07, 6.45) is -5.74. The van der Waals surface area contributed by atoms with E-state index in [4.69, 9.17) is 20.9 Å². The Morgan fingerprint density at radius 1 is 1.22 bits per heavy atom. The van der Waals surface area contributed by atoms with E-state index in [0.717, 1.165) is 4.57 Å². The topological polar surface area (TPSA) is 100 Å². The van der Waals surface area contributed by atoms with Gasteiger partial charge in [-0.1, -0.05) is 23.7 Å². The molecule has 0 unspecified atom stereocenters. The van der Waals surface area contributed by atoms with Gasteiger partial charge in [-0.05, 0) is 30.6 Å². The Labute approximate surface area is 185 Å². The maximum absolute atomic E-state index is 12.8. The molecule has 0 bridgehead atoms. The molecule has 170 valence electrons. The minimum atomic E-state index is -4.33. The van der Waals surface area contributed by atoms with Crippen LogP contribution in [0, 0.1) is 0 Å². The molecule has 0 radical (unpaired) electrons. The molecule has 0 aliphatic heterocycles. The standard InChI is InChI=1S/C20H18ClF3N4O4/c1-2-31-19(30)18-26-16(32-27-18)11-28-15(4-3-9-20(22,23)24)25-14(10-17(28)29)12-5-7-13(21)8-6-12/h5-8,10H,2-4,9,11H2,1H3. The van der Waals surface area contributed by atoms with Crippen LogP contribution < -0.4 is 5.56 Å². The summed E-state index contributed by atoms with van der Waals surface area (Å²) < 4.78 is 48.8. The fraction of sp³-hybridized carbons (Fsp3) is 0.350. The molecule has 0 aliphatic carbocycles. The van der Waals surface area contributed by atoms with Crippen LogP contribution in [0.25, 0.3) is 11.3 Å². The van der Waals surface area contributed by atoms with Crippen molar-refractivity contribution in [3.8, 4) is 11.3 Å². The Hall–Kier alpha value is -3.21. The van der Waals surface area contributed by atoms with E-state index in [1.54, 1.807) is 31.2 Å². The lowest BCUT2D eigenvalue weighted by Crippen LogP contribution is -2.26. The molecule has 0 N–H and O–H groups in total. The van der Waals surface area contributed by atoms with Gasteiger partial charge >= 0.3 is 12.1 Å². The van der Waals surface area contributed by atoms with Gasteiger partial charge < -0.3 is 9.26 Å². The summed E-state index contributed by atoms with van der Waals surface area (Å²) in [6.45, 7) is 1.46. The first kappa shape index (κ1) is 23.5. The smallest absolute Gasteiger partial charge is 0.389 e. The van der Waals surface area contributed by atoms with Crippen LogP contribution in [0.5, 0.6) is 0 Å². The van der Waals surface area contributed by atoms with Gasteiger partial charge in [-0.2, -0.15) is 18.2 Å². The maximum Gasteiger partial charge on any atom is 0.389 e. The van der Waals surface area contributed by atoms with Gasteiger partial charge in [0.2, 0.25) is 5.89 Å². The Kier molecular flexibility index (Phi) is 7.29. The molecule has 3 rings (SSSR count). The number of aromatic nitrogens is 4. The van der Waals surface area contributed by atoms with Gasteiger partial charge in [0.25, 0.3) is 11.4 Å². The van der Waals surface area contributed by atoms with Crippen molar-refractivity contribution >= 4 is 17.6 Å². The van der Waals surface area contributed by atoms with E-state index >= 15 is 0 Å². The van der Waals surface area contributed by atoms with Crippen molar-refractivity contribution in [3.05, 3.63) is 63.2 Å². The van der Waals surface area contributed by atoms with Crippen LogP contribution in [0.4, 0.5) is 13.2 Å². The molecule has 1 aromatic carbocycles. The van der Waals surface area contributed by atoms with Crippen molar-refractivity contribution in [1.29, 1.82) is 0 Å². The molecule has 12 heteroatoms.